The third-order valence-electron chi connectivity index (χ3n) is 3.68. The normalized spacial score (nSPS) is 13.0. The maximum Gasteiger partial charge on any atom is 0.330 e. The minimum atomic E-state index is -0.480. The Hall–Kier alpha value is -3.22. The molecule has 0 aliphatic rings. The Kier molecular flexibility index (Phi) is 6.84. The molecule has 1 heterocycles. The van der Waals surface area contributed by atoms with Gasteiger partial charge >= 0.3 is 5.97 Å². The van der Waals surface area contributed by atoms with Crippen LogP contribution in [0.15, 0.2) is 48.8 Å². The molecule has 136 valence electrons. The number of hydrogen-bond donors (Lipinski definition) is 2. The number of methoxy groups -OCH3 is 1. The first-order valence-electron chi connectivity index (χ1n) is 8.19. The van der Waals surface area contributed by atoms with Crippen molar-refractivity contribution in [1.29, 1.82) is 0 Å². The molecule has 2 N–H and O–H groups in total. The van der Waals surface area contributed by atoms with Crippen molar-refractivity contribution >= 4 is 23.8 Å². The van der Waals surface area contributed by atoms with E-state index in [9.17, 15) is 9.59 Å². The van der Waals surface area contributed by atoms with E-state index in [1.54, 1.807) is 6.92 Å². The number of nitrogens with zero attached hydrogens (tertiary/aromatic N) is 2. The topological polar surface area (TPSA) is 93.2 Å². The minimum absolute atomic E-state index is 0.0927. The molecule has 0 saturated heterocycles. The van der Waals surface area contributed by atoms with Gasteiger partial charge < -0.3 is 15.4 Å². The van der Waals surface area contributed by atoms with Crippen molar-refractivity contribution in [1.82, 2.24) is 15.3 Å². The molecule has 2 aromatic rings. The van der Waals surface area contributed by atoms with E-state index in [0.717, 1.165) is 5.56 Å². The highest BCUT2D eigenvalue weighted by atomic mass is 16.5. The second-order valence-electron chi connectivity index (χ2n) is 5.69. The Morgan fingerprint density at radius 1 is 1.12 bits per heavy atom. The van der Waals surface area contributed by atoms with Gasteiger partial charge in [-0.25, -0.2) is 9.78 Å². The van der Waals surface area contributed by atoms with Crippen LogP contribution in [0, 0.1) is 0 Å². The molecule has 1 aromatic carbocycles. The predicted octanol–water partition coefficient (Wildman–Crippen LogP) is 2.34. The van der Waals surface area contributed by atoms with Crippen LogP contribution in [0.4, 0.5) is 5.82 Å². The minimum Gasteiger partial charge on any atom is -0.466 e. The smallest absolute Gasteiger partial charge is 0.330 e. The maximum absolute atomic E-state index is 12.3. The summed E-state index contributed by atoms with van der Waals surface area (Å²) in [5, 5.41) is 5.95. The Balaban J connectivity index is 1.90. The SMILES string of the molecule is COC(=O)C=Cc1cnc(N[C@H](C)C(=O)N[C@@H](C)c2ccccc2)cn1. The average molecular weight is 354 g/mol. The molecule has 0 radical (unpaired) electrons. The van der Waals surface area contributed by atoms with E-state index in [2.05, 4.69) is 25.3 Å². The molecule has 0 fully saturated rings. The lowest BCUT2D eigenvalue weighted by atomic mass is 10.1. The van der Waals surface area contributed by atoms with Crippen LogP contribution in [0.5, 0.6) is 0 Å². The van der Waals surface area contributed by atoms with Gasteiger partial charge in [0.15, 0.2) is 0 Å². The number of carbonyl (C=O) groups excluding carboxylic acids is 2. The zero-order chi connectivity index (χ0) is 18.9. The largest absolute Gasteiger partial charge is 0.466 e. The second-order valence-corrected chi connectivity index (χ2v) is 5.69. The summed E-state index contributed by atoms with van der Waals surface area (Å²) >= 11 is 0. The summed E-state index contributed by atoms with van der Waals surface area (Å²) in [5.74, 6) is -0.139. The molecular weight excluding hydrogens is 332 g/mol. The Bertz CT molecular complexity index is 760. The fourth-order valence-electron chi connectivity index (χ4n) is 2.17. The van der Waals surface area contributed by atoms with Gasteiger partial charge in [-0.3, -0.25) is 9.78 Å². The van der Waals surface area contributed by atoms with E-state index >= 15 is 0 Å². The van der Waals surface area contributed by atoms with Gasteiger partial charge in [-0.1, -0.05) is 30.3 Å². The zero-order valence-electron chi connectivity index (χ0n) is 15.0. The number of aromatic nitrogens is 2. The van der Waals surface area contributed by atoms with Crippen molar-refractivity contribution < 1.29 is 14.3 Å². The molecule has 2 rings (SSSR count). The Labute approximate surface area is 152 Å². The number of ether oxygens (including phenoxy) is 1. The van der Waals surface area contributed by atoms with Crippen molar-refractivity contribution in [3.8, 4) is 0 Å². The van der Waals surface area contributed by atoms with Crippen molar-refractivity contribution in [3.63, 3.8) is 0 Å². The van der Waals surface area contributed by atoms with E-state index in [1.165, 1.54) is 31.7 Å². The highest BCUT2D eigenvalue weighted by Gasteiger charge is 2.16. The molecular formula is C19H22N4O3. The molecule has 0 saturated carbocycles. The van der Waals surface area contributed by atoms with Crippen LogP contribution in [0.3, 0.4) is 0 Å². The summed E-state index contributed by atoms with van der Waals surface area (Å²) in [4.78, 5) is 31.7. The predicted molar refractivity (Wildman–Crippen MR) is 99.2 cm³/mol. The van der Waals surface area contributed by atoms with E-state index in [-0.39, 0.29) is 11.9 Å². The zero-order valence-corrected chi connectivity index (χ0v) is 15.0. The van der Waals surface area contributed by atoms with Gasteiger partial charge in [0, 0.05) is 6.08 Å². The van der Waals surface area contributed by atoms with Crippen LogP contribution in [0.25, 0.3) is 6.08 Å². The van der Waals surface area contributed by atoms with Gasteiger partial charge in [0.05, 0.1) is 31.2 Å². The Morgan fingerprint density at radius 2 is 1.85 bits per heavy atom. The van der Waals surface area contributed by atoms with E-state index in [0.29, 0.717) is 11.5 Å². The summed E-state index contributed by atoms with van der Waals surface area (Å²) in [6, 6.07) is 9.17. The standard InChI is InChI=1S/C19H22N4O3/c1-13(15-7-5-4-6-8-15)23-19(25)14(2)22-17-12-20-16(11-21-17)9-10-18(24)26-3/h4-14H,1-3H3,(H,21,22)(H,23,25)/t13-,14+/m0/s1. The van der Waals surface area contributed by atoms with E-state index in [4.69, 9.17) is 0 Å². The van der Waals surface area contributed by atoms with Crippen LogP contribution < -0.4 is 10.6 Å². The molecule has 0 unspecified atom stereocenters. The number of hydrogen-bond acceptors (Lipinski definition) is 6. The molecule has 1 aromatic heterocycles. The van der Waals surface area contributed by atoms with Crippen LogP contribution in [-0.2, 0) is 14.3 Å². The molecule has 2 atom stereocenters. The quantitative estimate of drug-likeness (QED) is 0.586. The number of benzene rings is 1. The number of anilines is 1. The van der Waals surface area contributed by atoms with Crippen molar-refractivity contribution in [2.75, 3.05) is 12.4 Å². The molecule has 7 nitrogen and oxygen atoms in total. The van der Waals surface area contributed by atoms with Crippen LogP contribution in [0.1, 0.15) is 31.1 Å². The third kappa shape index (κ3) is 5.70. The molecule has 0 aliphatic heterocycles. The lowest BCUT2D eigenvalue weighted by molar-refractivity contribution is -0.134. The van der Waals surface area contributed by atoms with E-state index < -0.39 is 12.0 Å². The van der Waals surface area contributed by atoms with Crippen molar-refractivity contribution in [2.45, 2.75) is 25.9 Å². The number of amides is 1. The van der Waals surface area contributed by atoms with Gasteiger partial charge in [0.25, 0.3) is 0 Å². The lowest BCUT2D eigenvalue weighted by Gasteiger charge is -2.19. The molecule has 0 spiro atoms. The molecule has 26 heavy (non-hydrogen) atoms. The highest BCUT2D eigenvalue weighted by molar-refractivity contribution is 5.86. The summed E-state index contributed by atoms with van der Waals surface area (Å²) in [6.07, 6.45) is 5.76. The fourth-order valence-corrected chi connectivity index (χ4v) is 2.17. The fraction of sp³-hybridized carbons (Fsp3) is 0.263. The van der Waals surface area contributed by atoms with E-state index in [1.807, 2.05) is 37.3 Å². The molecule has 1 amide bonds. The first kappa shape index (κ1) is 19.1. The first-order valence-corrected chi connectivity index (χ1v) is 8.19. The van der Waals surface area contributed by atoms with Gasteiger partial charge in [0.1, 0.15) is 11.9 Å². The van der Waals surface area contributed by atoms with Gasteiger partial charge in [-0.05, 0) is 25.5 Å². The van der Waals surface area contributed by atoms with Crippen molar-refractivity contribution in [2.24, 2.45) is 0 Å². The van der Waals surface area contributed by atoms with Gasteiger partial charge in [-0.2, -0.15) is 0 Å². The second kappa shape index (κ2) is 9.31. The number of carbonyl (C=O) groups is 2. The third-order valence-corrected chi connectivity index (χ3v) is 3.68. The molecule has 7 heteroatoms. The van der Waals surface area contributed by atoms with Crippen LogP contribution >= 0.6 is 0 Å². The average Bonchev–Trinajstić information content (AvgIpc) is 2.67. The number of nitrogens with one attached hydrogen (secondary N) is 2. The summed E-state index contributed by atoms with van der Waals surface area (Å²) < 4.78 is 4.51. The lowest BCUT2D eigenvalue weighted by Crippen LogP contribution is -2.39. The number of rotatable bonds is 7. The maximum atomic E-state index is 12.3. The highest BCUT2D eigenvalue weighted by Crippen LogP contribution is 2.12. The molecule has 0 bridgehead atoms. The molecule has 0 aliphatic carbocycles. The summed E-state index contributed by atoms with van der Waals surface area (Å²) in [7, 11) is 1.30. The Morgan fingerprint density at radius 3 is 2.46 bits per heavy atom. The summed E-state index contributed by atoms with van der Waals surface area (Å²) in [5.41, 5.74) is 1.55. The number of esters is 1. The first-order chi connectivity index (χ1) is 12.5. The van der Waals surface area contributed by atoms with Gasteiger partial charge in [0.2, 0.25) is 5.91 Å². The van der Waals surface area contributed by atoms with Crippen LogP contribution in [-0.4, -0.2) is 35.0 Å². The van der Waals surface area contributed by atoms with Gasteiger partial charge in [-0.15, -0.1) is 0 Å². The monoisotopic (exact) mass is 354 g/mol. The van der Waals surface area contributed by atoms with Crippen LogP contribution in [0.2, 0.25) is 0 Å². The summed E-state index contributed by atoms with van der Waals surface area (Å²) in [6.45, 7) is 3.68. The van der Waals surface area contributed by atoms with Crippen molar-refractivity contribution in [3.05, 3.63) is 60.1 Å².